The van der Waals surface area contributed by atoms with Gasteiger partial charge in [0, 0.05) is 19.1 Å². The molecular weight excluding hydrogens is 318 g/mol. The van der Waals surface area contributed by atoms with Crippen molar-refractivity contribution < 1.29 is 19.3 Å². The molecule has 0 saturated carbocycles. The molecule has 0 saturated heterocycles. The topological polar surface area (TPSA) is 51.2 Å². The lowest BCUT2D eigenvalue weighted by Crippen LogP contribution is -2.39. The van der Waals surface area contributed by atoms with Crippen LogP contribution in [-0.4, -0.2) is 37.9 Å². The van der Waals surface area contributed by atoms with E-state index in [9.17, 15) is 5.11 Å². The first kappa shape index (κ1) is 16.1. The third-order valence-electron chi connectivity index (χ3n) is 5.40. The van der Waals surface area contributed by atoms with Gasteiger partial charge < -0.3 is 19.3 Å². The van der Waals surface area contributed by atoms with Crippen LogP contribution in [0.2, 0.25) is 0 Å². The Labute approximate surface area is 147 Å². The second-order valence-electron chi connectivity index (χ2n) is 6.64. The van der Waals surface area contributed by atoms with Crippen LogP contribution < -0.4 is 14.2 Å². The van der Waals surface area contributed by atoms with Crippen molar-refractivity contribution in [2.45, 2.75) is 25.4 Å². The Morgan fingerprint density at radius 3 is 2.24 bits per heavy atom. The fraction of sp³-hybridized carbons (Fsp3) is 0.400. The van der Waals surface area contributed by atoms with Crippen molar-refractivity contribution in [2.75, 3.05) is 27.9 Å². The lowest BCUT2D eigenvalue weighted by atomic mass is 9.83. The minimum Gasteiger partial charge on any atom is -0.504 e. The number of phenolic OH excluding ortho intramolecular Hbond substituents is 1. The van der Waals surface area contributed by atoms with Gasteiger partial charge in [-0.3, -0.25) is 4.90 Å². The zero-order chi connectivity index (χ0) is 17.6. The number of hydrogen-bond acceptors (Lipinski definition) is 5. The molecule has 4 rings (SSSR count). The Morgan fingerprint density at radius 2 is 1.56 bits per heavy atom. The van der Waals surface area contributed by atoms with Crippen molar-refractivity contribution in [1.29, 1.82) is 0 Å². The quantitative estimate of drug-likeness (QED) is 0.930. The SMILES string of the molecule is COc1cc2c(cc1O)CCN1Cc3cc(OC)c(OC)cc3C[C@H]21. The summed E-state index contributed by atoms with van der Waals surface area (Å²) in [5, 5.41) is 10.1. The monoisotopic (exact) mass is 341 g/mol. The first-order valence-electron chi connectivity index (χ1n) is 8.52. The van der Waals surface area contributed by atoms with Gasteiger partial charge in [-0.25, -0.2) is 0 Å². The molecule has 2 aromatic rings. The molecule has 2 aliphatic heterocycles. The normalized spacial score (nSPS) is 18.8. The van der Waals surface area contributed by atoms with Crippen molar-refractivity contribution in [1.82, 2.24) is 4.90 Å². The standard InChI is InChI=1S/C20H23NO4/c1-23-18-10-15-12(7-17(18)22)4-5-21-11-14-9-20(25-3)19(24-2)8-13(14)6-16(15)21/h7-10,16,22H,4-6,11H2,1-3H3/t16-/m1/s1. The van der Waals surface area contributed by atoms with Crippen molar-refractivity contribution in [2.24, 2.45) is 0 Å². The molecule has 0 amide bonds. The molecule has 0 bridgehead atoms. The van der Waals surface area contributed by atoms with Crippen LogP contribution in [0.1, 0.15) is 28.3 Å². The van der Waals surface area contributed by atoms with Crippen LogP contribution in [0, 0.1) is 0 Å². The Morgan fingerprint density at radius 1 is 0.880 bits per heavy atom. The first-order chi connectivity index (χ1) is 12.1. The van der Waals surface area contributed by atoms with Gasteiger partial charge in [0.2, 0.25) is 0 Å². The van der Waals surface area contributed by atoms with E-state index in [0.29, 0.717) is 11.8 Å². The summed E-state index contributed by atoms with van der Waals surface area (Å²) in [5.74, 6) is 2.31. The molecule has 0 unspecified atom stereocenters. The van der Waals surface area contributed by atoms with E-state index in [2.05, 4.69) is 17.0 Å². The van der Waals surface area contributed by atoms with Crippen LogP contribution in [0.15, 0.2) is 24.3 Å². The third-order valence-corrected chi connectivity index (χ3v) is 5.40. The second-order valence-corrected chi connectivity index (χ2v) is 6.64. The maximum atomic E-state index is 10.1. The zero-order valence-corrected chi connectivity index (χ0v) is 14.8. The number of fused-ring (bicyclic) bond motifs is 4. The molecular formula is C20H23NO4. The molecule has 0 aliphatic carbocycles. The summed E-state index contributed by atoms with van der Waals surface area (Å²) in [4.78, 5) is 2.49. The molecule has 2 heterocycles. The van der Waals surface area contributed by atoms with Gasteiger partial charge in [-0.15, -0.1) is 0 Å². The van der Waals surface area contributed by atoms with Gasteiger partial charge in [-0.2, -0.15) is 0 Å². The van der Waals surface area contributed by atoms with Gasteiger partial charge in [0.1, 0.15) is 0 Å². The second kappa shape index (κ2) is 6.15. The van der Waals surface area contributed by atoms with Gasteiger partial charge in [0.15, 0.2) is 23.0 Å². The minimum atomic E-state index is 0.220. The Hall–Kier alpha value is -2.40. The number of nitrogens with zero attached hydrogens (tertiary/aromatic N) is 1. The number of rotatable bonds is 3. The van der Waals surface area contributed by atoms with E-state index in [1.807, 2.05) is 12.1 Å². The summed E-state index contributed by atoms with van der Waals surface area (Å²) in [6.45, 7) is 1.88. The molecule has 5 nitrogen and oxygen atoms in total. The predicted octanol–water partition coefficient (Wildman–Crippen LogP) is 3.07. The Balaban J connectivity index is 1.76. The van der Waals surface area contributed by atoms with E-state index in [1.165, 1.54) is 22.3 Å². The highest BCUT2D eigenvalue weighted by Crippen LogP contribution is 2.44. The van der Waals surface area contributed by atoms with E-state index in [1.54, 1.807) is 21.3 Å². The average molecular weight is 341 g/mol. The molecule has 0 fully saturated rings. The molecule has 25 heavy (non-hydrogen) atoms. The molecule has 1 N–H and O–H groups in total. The lowest BCUT2D eigenvalue weighted by molar-refractivity contribution is 0.160. The molecule has 2 aromatic carbocycles. The van der Waals surface area contributed by atoms with Crippen molar-refractivity contribution in [3.05, 3.63) is 46.5 Å². The minimum absolute atomic E-state index is 0.220. The number of phenols is 1. The molecule has 1 atom stereocenters. The summed E-state index contributed by atoms with van der Waals surface area (Å²) in [5.41, 5.74) is 5.05. The van der Waals surface area contributed by atoms with E-state index in [4.69, 9.17) is 14.2 Å². The molecule has 132 valence electrons. The van der Waals surface area contributed by atoms with E-state index < -0.39 is 0 Å². The summed E-state index contributed by atoms with van der Waals surface area (Å²) in [6.07, 6.45) is 1.85. The van der Waals surface area contributed by atoms with Crippen LogP contribution in [0.3, 0.4) is 0 Å². The number of methoxy groups -OCH3 is 3. The molecule has 0 radical (unpaired) electrons. The van der Waals surface area contributed by atoms with E-state index in [-0.39, 0.29) is 5.75 Å². The van der Waals surface area contributed by atoms with Crippen LogP contribution in [0.5, 0.6) is 23.0 Å². The average Bonchev–Trinajstić information content (AvgIpc) is 2.64. The smallest absolute Gasteiger partial charge is 0.161 e. The van der Waals surface area contributed by atoms with Crippen molar-refractivity contribution in [3.8, 4) is 23.0 Å². The van der Waals surface area contributed by atoms with Crippen LogP contribution in [0.4, 0.5) is 0 Å². The number of ether oxygens (including phenoxy) is 3. The summed E-state index contributed by atoms with van der Waals surface area (Å²) >= 11 is 0. The lowest BCUT2D eigenvalue weighted by Gasteiger charge is -2.41. The predicted molar refractivity (Wildman–Crippen MR) is 94.8 cm³/mol. The first-order valence-corrected chi connectivity index (χ1v) is 8.52. The fourth-order valence-corrected chi connectivity index (χ4v) is 4.09. The maximum absolute atomic E-state index is 10.1. The van der Waals surface area contributed by atoms with Crippen LogP contribution in [-0.2, 0) is 19.4 Å². The largest absolute Gasteiger partial charge is 0.504 e. The van der Waals surface area contributed by atoms with Crippen molar-refractivity contribution in [3.63, 3.8) is 0 Å². The van der Waals surface area contributed by atoms with Crippen LogP contribution >= 0.6 is 0 Å². The fourth-order valence-electron chi connectivity index (χ4n) is 4.09. The van der Waals surface area contributed by atoms with Crippen LogP contribution in [0.25, 0.3) is 0 Å². The van der Waals surface area contributed by atoms with E-state index >= 15 is 0 Å². The van der Waals surface area contributed by atoms with Gasteiger partial charge >= 0.3 is 0 Å². The summed E-state index contributed by atoms with van der Waals surface area (Å²) in [6, 6.07) is 8.33. The molecule has 2 aliphatic rings. The molecule has 0 spiro atoms. The van der Waals surface area contributed by atoms with E-state index in [0.717, 1.165) is 37.4 Å². The highest BCUT2D eigenvalue weighted by Gasteiger charge is 2.33. The molecule has 0 aromatic heterocycles. The summed E-state index contributed by atoms with van der Waals surface area (Å²) in [7, 11) is 4.93. The Kier molecular flexibility index (Phi) is 3.96. The number of aromatic hydroxyl groups is 1. The Bertz CT molecular complexity index is 818. The van der Waals surface area contributed by atoms with Gasteiger partial charge in [0.05, 0.1) is 21.3 Å². The maximum Gasteiger partial charge on any atom is 0.161 e. The summed E-state index contributed by atoms with van der Waals surface area (Å²) < 4.78 is 16.2. The number of benzene rings is 2. The van der Waals surface area contributed by atoms with Crippen molar-refractivity contribution >= 4 is 0 Å². The number of hydrogen-bond donors (Lipinski definition) is 1. The third kappa shape index (κ3) is 2.59. The van der Waals surface area contributed by atoms with Gasteiger partial charge in [-0.05, 0) is 59.4 Å². The van der Waals surface area contributed by atoms with Gasteiger partial charge in [0.25, 0.3) is 0 Å². The highest BCUT2D eigenvalue weighted by molar-refractivity contribution is 5.52. The molecule has 5 heteroatoms. The highest BCUT2D eigenvalue weighted by atomic mass is 16.5. The van der Waals surface area contributed by atoms with Gasteiger partial charge in [-0.1, -0.05) is 0 Å². The zero-order valence-electron chi connectivity index (χ0n) is 14.8.